The van der Waals surface area contributed by atoms with Crippen molar-refractivity contribution in [3.8, 4) is 5.75 Å². The van der Waals surface area contributed by atoms with Crippen LogP contribution in [0, 0.1) is 0 Å². The molecule has 0 bridgehead atoms. The second kappa shape index (κ2) is 6.72. The lowest BCUT2D eigenvalue weighted by molar-refractivity contribution is 0.101. The summed E-state index contributed by atoms with van der Waals surface area (Å²) in [4.78, 5) is 29.1. The first-order valence-electron chi connectivity index (χ1n) is 8.72. The quantitative estimate of drug-likeness (QED) is 0.505. The van der Waals surface area contributed by atoms with Crippen molar-refractivity contribution in [1.29, 1.82) is 0 Å². The molecule has 0 unspecified atom stereocenters. The minimum absolute atomic E-state index is 0.0440. The van der Waals surface area contributed by atoms with Crippen LogP contribution in [0.2, 0.25) is 0 Å². The number of fused-ring (bicyclic) bond motifs is 3. The SMILES string of the molecule is CCOc1ccc(C(C)=O)cc1Cn1cnc2c(oc3ccccc32)c1=O. The maximum atomic E-state index is 12.9. The van der Waals surface area contributed by atoms with Crippen molar-refractivity contribution in [3.63, 3.8) is 0 Å². The number of para-hydroxylation sites is 1. The number of aromatic nitrogens is 2. The Hall–Kier alpha value is -3.41. The predicted octanol–water partition coefficient (Wildman–Crippen LogP) is 3.79. The molecule has 27 heavy (non-hydrogen) atoms. The Balaban J connectivity index is 1.83. The van der Waals surface area contributed by atoms with Gasteiger partial charge in [-0.2, -0.15) is 0 Å². The first-order valence-corrected chi connectivity index (χ1v) is 8.72. The van der Waals surface area contributed by atoms with Gasteiger partial charge in [-0.1, -0.05) is 12.1 Å². The number of rotatable bonds is 5. The highest BCUT2D eigenvalue weighted by Crippen LogP contribution is 2.25. The van der Waals surface area contributed by atoms with Gasteiger partial charge in [0.1, 0.15) is 16.8 Å². The number of furan rings is 1. The summed E-state index contributed by atoms with van der Waals surface area (Å²) in [6.45, 7) is 4.11. The zero-order chi connectivity index (χ0) is 19.0. The van der Waals surface area contributed by atoms with Crippen LogP contribution in [0.25, 0.3) is 22.1 Å². The first kappa shape index (κ1) is 17.0. The van der Waals surface area contributed by atoms with Gasteiger partial charge in [-0.15, -0.1) is 0 Å². The van der Waals surface area contributed by atoms with Crippen LogP contribution in [0.1, 0.15) is 29.8 Å². The van der Waals surface area contributed by atoms with Gasteiger partial charge in [-0.25, -0.2) is 4.98 Å². The van der Waals surface area contributed by atoms with Gasteiger partial charge in [0.25, 0.3) is 5.56 Å². The van der Waals surface area contributed by atoms with Crippen molar-refractivity contribution in [2.24, 2.45) is 0 Å². The van der Waals surface area contributed by atoms with Gasteiger partial charge in [0.05, 0.1) is 19.5 Å². The Labute approximate surface area is 155 Å². The smallest absolute Gasteiger partial charge is 0.297 e. The minimum atomic E-state index is -0.271. The second-order valence-electron chi connectivity index (χ2n) is 6.27. The third-order valence-corrected chi connectivity index (χ3v) is 4.46. The average molecular weight is 362 g/mol. The van der Waals surface area contributed by atoms with Gasteiger partial charge in [0, 0.05) is 16.5 Å². The number of carbonyl (C=O) groups is 1. The van der Waals surface area contributed by atoms with E-state index in [0.717, 1.165) is 10.9 Å². The topological polar surface area (TPSA) is 74.3 Å². The summed E-state index contributed by atoms with van der Waals surface area (Å²) in [5, 5.41) is 0.810. The van der Waals surface area contributed by atoms with E-state index >= 15 is 0 Å². The van der Waals surface area contributed by atoms with Crippen LogP contribution in [0.5, 0.6) is 5.75 Å². The van der Waals surface area contributed by atoms with Gasteiger partial charge < -0.3 is 9.15 Å². The second-order valence-corrected chi connectivity index (χ2v) is 6.27. The molecule has 0 fully saturated rings. The Morgan fingerprint density at radius 1 is 1.22 bits per heavy atom. The monoisotopic (exact) mass is 362 g/mol. The lowest BCUT2D eigenvalue weighted by Gasteiger charge is -2.12. The Morgan fingerprint density at radius 2 is 2.04 bits per heavy atom. The highest BCUT2D eigenvalue weighted by atomic mass is 16.5. The molecular weight excluding hydrogens is 344 g/mol. The molecule has 0 N–H and O–H groups in total. The number of hydrogen-bond donors (Lipinski definition) is 0. The normalized spacial score (nSPS) is 11.2. The minimum Gasteiger partial charge on any atom is -0.494 e. The van der Waals surface area contributed by atoms with Crippen LogP contribution >= 0.6 is 0 Å². The standard InChI is InChI=1S/C21H18N2O4/c1-3-26-17-9-8-14(13(2)24)10-15(17)11-23-12-22-19-16-6-4-5-7-18(16)27-20(19)21(23)25/h4-10,12H,3,11H2,1-2H3. The van der Waals surface area contributed by atoms with Crippen molar-refractivity contribution in [3.05, 3.63) is 70.3 Å². The fourth-order valence-corrected chi connectivity index (χ4v) is 3.13. The van der Waals surface area contributed by atoms with Gasteiger partial charge in [0.15, 0.2) is 5.78 Å². The van der Waals surface area contributed by atoms with Crippen LogP contribution in [0.4, 0.5) is 0 Å². The molecule has 2 aromatic heterocycles. The zero-order valence-electron chi connectivity index (χ0n) is 15.1. The summed E-state index contributed by atoms with van der Waals surface area (Å²) in [7, 11) is 0. The van der Waals surface area contributed by atoms with Crippen LogP contribution in [-0.2, 0) is 6.54 Å². The lowest BCUT2D eigenvalue weighted by atomic mass is 10.1. The summed E-state index contributed by atoms with van der Waals surface area (Å²) in [5.74, 6) is 0.594. The Morgan fingerprint density at radius 3 is 2.81 bits per heavy atom. The Kier molecular flexibility index (Phi) is 4.24. The molecule has 0 radical (unpaired) electrons. The number of Topliss-reactive ketones (excluding diaryl/α,β-unsaturated/α-hetero) is 1. The Bertz CT molecular complexity index is 1220. The van der Waals surface area contributed by atoms with E-state index in [-0.39, 0.29) is 23.5 Å². The molecule has 4 aromatic rings. The maximum Gasteiger partial charge on any atom is 0.297 e. The lowest BCUT2D eigenvalue weighted by Crippen LogP contribution is -2.21. The number of hydrogen-bond acceptors (Lipinski definition) is 5. The van der Waals surface area contributed by atoms with Crippen LogP contribution in [-0.4, -0.2) is 21.9 Å². The fraction of sp³-hybridized carbons (Fsp3) is 0.190. The number of carbonyl (C=O) groups excluding carboxylic acids is 1. The summed E-state index contributed by atoms with van der Waals surface area (Å²) >= 11 is 0. The van der Waals surface area contributed by atoms with Gasteiger partial charge in [-0.05, 0) is 44.2 Å². The van der Waals surface area contributed by atoms with Crippen molar-refractivity contribution in [2.75, 3.05) is 6.61 Å². The molecular formula is C21H18N2O4. The molecule has 4 rings (SSSR count). The number of ketones is 1. The van der Waals surface area contributed by atoms with E-state index in [9.17, 15) is 9.59 Å². The van der Waals surface area contributed by atoms with E-state index in [4.69, 9.17) is 9.15 Å². The third kappa shape index (κ3) is 2.99. The van der Waals surface area contributed by atoms with E-state index < -0.39 is 0 Å². The molecule has 0 spiro atoms. The van der Waals surface area contributed by atoms with E-state index in [0.29, 0.717) is 29.0 Å². The van der Waals surface area contributed by atoms with Crippen molar-refractivity contribution < 1.29 is 13.9 Å². The molecule has 6 nitrogen and oxygen atoms in total. The van der Waals surface area contributed by atoms with E-state index in [2.05, 4.69) is 4.98 Å². The van der Waals surface area contributed by atoms with Gasteiger partial charge in [-0.3, -0.25) is 14.2 Å². The molecule has 2 heterocycles. The van der Waals surface area contributed by atoms with Crippen LogP contribution < -0.4 is 10.3 Å². The summed E-state index contributed by atoms with van der Waals surface area (Å²) < 4.78 is 12.8. The number of benzene rings is 2. The fourth-order valence-electron chi connectivity index (χ4n) is 3.13. The molecule has 0 aliphatic heterocycles. The molecule has 2 aromatic carbocycles. The highest BCUT2D eigenvalue weighted by molar-refractivity contribution is 6.01. The highest BCUT2D eigenvalue weighted by Gasteiger charge is 2.15. The molecule has 0 amide bonds. The van der Waals surface area contributed by atoms with Crippen LogP contribution in [0.15, 0.2) is 58.0 Å². The zero-order valence-corrected chi connectivity index (χ0v) is 15.1. The van der Waals surface area contributed by atoms with Crippen LogP contribution in [0.3, 0.4) is 0 Å². The molecule has 0 aliphatic carbocycles. The summed E-state index contributed by atoms with van der Waals surface area (Å²) in [5.41, 5.74) is 2.44. The van der Waals surface area contributed by atoms with Gasteiger partial charge in [0.2, 0.25) is 5.58 Å². The maximum absolute atomic E-state index is 12.9. The van der Waals surface area contributed by atoms with E-state index in [1.165, 1.54) is 17.8 Å². The molecule has 0 saturated heterocycles. The van der Waals surface area contributed by atoms with Crippen molar-refractivity contribution >= 4 is 27.9 Å². The average Bonchev–Trinajstić information content (AvgIpc) is 3.05. The number of ether oxygens (including phenoxy) is 1. The van der Waals surface area contributed by atoms with E-state index in [1.54, 1.807) is 18.2 Å². The van der Waals surface area contributed by atoms with E-state index in [1.807, 2.05) is 31.2 Å². The first-order chi connectivity index (χ1) is 13.1. The number of nitrogens with zero attached hydrogens (tertiary/aromatic N) is 2. The van der Waals surface area contributed by atoms with Crippen molar-refractivity contribution in [2.45, 2.75) is 20.4 Å². The largest absolute Gasteiger partial charge is 0.494 e. The molecule has 6 heteroatoms. The summed E-state index contributed by atoms with van der Waals surface area (Å²) in [6, 6.07) is 12.7. The summed E-state index contributed by atoms with van der Waals surface area (Å²) in [6.07, 6.45) is 1.50. The molecule has 0 saturated carbocycles. The molecule has 136 valence electrons. The van der Waals surface area contributed by atoms with Crippen molar-refractivity contribution in [1.82, 2.24) is 9.55 Å². The van der Waals surface area contributed by atoms with Gasteiger partial charge >= 0.3 is 0 Å². The third-order valence-electron chi connectivity index (χ3n) is 4.46. The molecule has 0 atom stereocenters. The molecule has 0 aliphatic rings. The predicted molar refractivity (Wildman–Crippen MR) is 102 cm³/mol.